The van der Waals surface area contributed by atoms with Crippen LogP contribution in [-0.2, 0) is 65.4 Å². The lowest BCUT2D eigenvalue weighted by atomic mass is 9.92. The molecule has 2 amide bonds. The van der Waals surface area contributed by atoms with E-state index < -0.39 is 101 Å². The molecule has 1 fully saturated rings. The summed E-state index contributed by atoms with van der Waals surface area (Å²) in [7, 11) is 0. The zero-order valence-electron chi connectivity index (χ0n) is 35.3. The number of carbonyl (C=O) groups excluding carboxylic acids is 6. The van der Waals surface area contributed by atoms with Gasteiger partial charge in [-0.15, -0.1) is 0 Å². The molecule has 2 aromatic rings. The molecule has 314 valence electrons. The van der Waals surface area contributed by atoms with E-state index in [-0.39, 0.29) is 13.0 Å². The SMILES string of the molecule is CC(C)(C)C(=O)OC[C@H]1O[C@@H](NC(=O)C(Cc2ccccc2)NC(=O)OCc2ccccc2)[C@H](OC(=O)C(C)(C)C)[C@@H](OC(=O)C(C)(C)C)[C@H]1OC(=O)C(C)(C)C. The van der Waals surface area contributed by atoms with E-state index in [2.05, 4.69) is 10.6 Å². The van der Waals surface area contributed by atoms with E-state index in [0.29, 0.717) is 5.56 Å². The van der Waals surface area contributed by atoms with Crippen LogP contribution in [0.4, 0.5) is 4.79 Å². The molecule has 0 aliphatic carbocycles. The fourth-order valence-corrected chi connectivity index (χ4v) is 5.05. The molecule has 57 heavy (non-hydrogen) atoms. The Morgan fingerprint density at radius 2 is 1.02 bits per heavy atom. The van der Waals surface area contributed by atoms with Gasteiger partial charge in [-0.3, -0.25) is 24.0 Å². The van der Waals surface area contributed by atoms with Gasteiger partial charge in [-0.1, -0.05) is 60.7 Å². The van der Waals surface area contributed by atoms with Crippen LogP contribution < -0.4 is 10.6 Å². The summed E-state index contributed by atoms with van der Waals surface area (Å²) in [5.74, 6) is -3.62. The molecular formula is C43H60N2O12. The normalized spacial score (nSPS) is 20.6. The first-order valence-corrected chi connectivity index (χ1v) is 19.0. The zero-order chi connectivity index (χ0) is 42.9. The van der Waals surface area contributed by atoms with Crippen LogP contribution in [0.5, 0.6) is 0 Å². The molecular weight excluding hydrogens is 736 g/mol. The molecule has 1 heterocycles. The van der Waals surface area contributed by atoms with Gasteiger partial charge in [-0.2, -0.15) is 0 Å². The summed E-state index contributed by atoms with van der Waals surface area (Å²) >= 11 is 0. The van der Waals surface area contributed by atoms with Gasteiger partial charge in [0.2, 0.25) is 5.91 Å². The van der Waals surface area contributed by atoms with E-state index in [1.807, 2.05) is 6.07 Å². The Hall–Kier alpha value is -4.98. The predicted octanol–water partition coefficient (Wildman–Crippen LogP) is 5.83. The second-order valence-electron chi connectivity index (χ2n) is 18.3. The van der Waals surface area contributed by atoms with Gasteiger partial charge < -0.3 is 39.1 Å². The van der Waals surface area contributed by atoms with Gasteiger partial charge in [0.25, 0.3) is 0 Å². The van der Waals surface area contributed by atoms with Gasteiger partial charge >= 0.3 is 30.0 Å². The van der Waals surface area contributed by atoms with Crippen molar-refractivity contribution in [3.8, 4) is 0 Å². The maximum atomic E-state index is 14.4. The Morgan fingerprint density at radius 1 is 0.579 bits per heavy atom. The van der Waals surface area contributed by atoms with Crippen molar-refractivity contribution in [3.63, 3.8) is 0 Å². The van der Waals surface area contributed by atoms with E-state index in [1.54, 1.807) is 138 Å². The van der Waals surface area contributed by atoms with Crippen molar-refractivity contribution >= 4 is 35.9 Å². The van der Waals surface area contributed by atoms with Crippen molar-refractivity contribution in [3.05, 3.63) is 71.8 Å². The lowest BCUT2D eigenvalue weighted by Crippen LogP contribution is -2.68. The number of benzene rings is 2. The highest BCUT2D eigenvalue weighted by atomic mass is 16.7. The highest BCUT2D eigenvalue weighted by Crippen LogP contribution is 2.33. The topological polar surface area (TPSA) is 182 Å². The number of ether oxygens (including phenoxy) is 6. The zero-order valence-corrected chi connectivity index (χ0v) is 35.3. The van der Waals surface area contributed by atoms with E-state index in [1.165, 1.54) is 0 Å². The first kappa shape index (κ1) is 46.4. The molecule has 0 saturated carbocycles. The fourth-order valence-electron chi connectivity index (χ4n) is 5.05. The second-order valence-corrected chi connectivity index (χ2v) is 18.3. The van der Waals surface area contributed by atoms with Crippen LogP contribution in [0, 0.1) is 21.7 Å². The Balaban J connectivity index is 2.12. The van der Waals surface area contributed by atoms with Crippen LogP contribution >= 0.6 is 0 Å². The number of nitrogens with one attached hydrogen (secondary N) is 2. The molecule has 1 unspecified atom stereocenters. The molecule has 1 saturated heterocycles. The number of hydrogen-bond donors (Lipinski definition) is 2. The van der Waals surface area contributed by atoms with E-state index in [9.17, 15) is 28.8 Å². The highest BCUT2D eigenvalue weighted by molar-refractivity contribution is 5.86. The maximum absolute atomic E-state index is 14.4. The molecule has 0 radical (unpaired) electrons. The first-order valence-electron chi connectivity index (χ1n) is 19.0. The van der Waals surface area contributed by atoms with Crippen LogP contribution in [-0.4, -0.2) is 79.2 Å². The molecule has 0 spiro atoms. The van der Waals surface area contributed by atoms with Gasteiger partial charge in [-0.05, 0) is 94.2 Å². The van der Waals surface area contributed by atoms with Gasteiger partial charge in [0.05, 0.1) is 21.7 Å². The third-order valence-corrected chi connectivity index (χ3v) is 8.58. The molecule has 6 atom stereocenters. The van der Waals surface area contributed by atoms with Crippen molar-refractivity contribution in [2.24, 2.45) is 21.7 Å². The number of esters is 4. The number of amides is 2. The standard InChI is InChI=1S/C43H60N2O12/c1-40(2,3)35(47)52-25-29-30(55-36(48)41(4,5)6)31(56-37(49)42(7,8)9)32(57-38(50)43(10,11)12)34(54-29)45-33(46)28(23-26-19-15-13-16-20-26)44-39(51)53-24-27-21-17-14-18-22-27/h13-22,28-32,34H,23-25H2,1-12H3,(H,44,51)(H,45,46)/t28?,29-,30+,31+,32-,34-/m1/s1. The lowest BCUT2D eigenvalue weighted by Gasteiger charge is -2.46. The molecule has 14 heteroatoms. The molecule has 3 rings (SSSR count). The second kappa shape index (κ2) is 19.0. The minimum atomic E-state index is -1.61. The van der Waals surface area contributed by atoms with Gasteiger partial charge in [-0.25, -0.2) is 4.79 Å². The number of rotatable bonds is 12. The Morgan fingerprint density at radius 3 is 1.49 bits per heavy atom. The van der Waals surface area contributed by atoms with Crippen molar-refractivity contribution in [2.75, 3.05) is 6.61 Å². The van der Waals surface area contributed by atoms with Gasteiger partial charge in [0.15, 0.2) is 24.5 Å². The summed E-state index contributed by atoms with van der Waals surface area (Å²) in [6.07, 6.45) is -8.50. The predicted molar refractivity (Wildman–Crippen MR) is 209 cm³/mol. The van der Waals surface area contributed by atoms with Crippen LogP contribution in [0.3, 0.4) is 0 Å². The summed E-state index contributed by atoms with van der Waals surface area (Å²) in [6.45, 7) is 18.9. The van der Waals surface area contributed by atoms with Gasteiger partial charge in [0, 0.05) is 6.42 Å². The summed E-state index contributed by atoms with van der Waals surface area (Å²) in [4.78, 5) is 81.3. The van der Waals surface area contributed by atoms with Crippen molar-refractivity contribution in [2.45, 2.75) is 133 Å². The van der Waals surface area contributed by atoms with E-state index in [0.717, 1.165) is 5.56 Å². The lowest BCUT2D eigenvalue weighted by molar-refractivity contribution is -0.264. The van der Waals surface area contributed by atoms with Crippen LogP contribution in [0.15, 0.2) is 60.7 Å². The third kappa shape index (κ3) is 14.2. The van der Waals surface area contributed by atoms with Crippen LogP contribution in [0.1, 0.15) is 94.2 Å². The molecule has 0 aromatic heterocycles. The third-order valence-electron chi connectivity index (χ3n) is 8.58. The summed E-state index contributed by atoms with van der Waals surface area (Å²) in [5, 5.41) is 5.37. The average molecular weight is 797 g/mol. The molecule has 14 nitrogen and oxygen atoms in total. The largest absolute Gasteiger partial charge is 0.462 e. The Bertz CT molecular complexity index is 1700. The molecule has 2 aromatic carbocycles. The van der Waals surface area contributed by atoms with E-state index in [4.69, 9.17) is 28.4 Å². The smallest absolute Gasteiger partial charge is 0.408 e. The minimum Gasteiger partial charge on any atom is -0.462 e. The summed E-state index contributed by atoms with van der Waals surface area (Å²) in [5.41, 5.74) is -2.75. The van der Waals surface area contributed by atoms with Gasteiger partial charge in [0.1, 0.15) is 25.4 Å². The van der Waals surface area contributed by atoms with Crippen molar-refractivity contribution in [1.29, 1.82) is 0 Å². The fraction of sp³-hybridized carbons (Fsp3) is 0.581. The number of carbonyl (C=O) groups is 6. The number of alkyl carbamates (subject to hydrolysis) is 1. The summed E-state index contributed by atoms with van der Waals surface area (Å²) in [6, 6.07) is 16.6. The minimum absolute atomic E-state index is 0.00710. The molecule has 2 N–H and O–H groups in total. The monoisotopic (exact) mass is 796 g/mol. The highest BCUT2D eigenvalue weighted by Gasteiger charge is 2.55. The number of hydrogen-bond acceptors (Lipinski definition) is 12. The molecule has 1 aliphatic rings. The molecule has 1 aliphatic heterocycles. The van der Waals surface area contributed by atoms with Crippen LogP contribution in [0.2, 0.25) is 0 Å². The van der Waals surface area contributed by atoms with Crippen molar-refractivity contribution in [1.82, 2.24) is 10.6 Å². The Labute approximate surface area is 336 Å². The van der Waals surface area contributed by atoms with Crippen LogP contribution in [0.25, 0.3) is 0 Å². The maximum Gasteiger partial charge on any atom is 0.408 e. The van der Waals surface area contributed by atoms with Crippen molar-refractivity contribution < 1.29 is 57.2 Å². The first-order chi connectivity index (χ1) is 26.3. The quantitative estimate of drug-likeness (QED) is 0.194. The average Bonchev–Trinajstić information content (AvgIpc) is 3.10. The Kier molecular flexibility index (Phi) is 15.4. The molecule has 0 bridgehead atoms. The van der Waals surface area contributed by atoms with E-state index >= 15 is 0 Å². The summed E-state index contributed by atoms with van der Waals surface area (Å²) < 4.78 is 35.5.